The van der Waals surface area contributed by atoms with Crippen molar-refractivity contribution in [2.45, 2.75) is 13.3 Å². The van der Waals surface area contributed by atoms with Crippen LogP contribution in [-0.2, 0) is 6.42 Å². The largest absolute Gasteiger partial charge is 0.351 e. The summed E-state index contributed by atoms with van der Waals surface area (Å²) in [5, 5.41) is 14.1. The second-order valence-corrected chi connectivity index (χ2v) is 5.87. The van der Waals surface area contributed by atoms with Crippen LogP contribution in [-0.4, -0.2) is 42.2 Å². The number of aromatic nitrogens is 6. The third-order valence-corrected chi connectivity index (χ3v) is 3.96. The average molecular weight is 347 g/mol. The molecule has 8 nitrogen and oxygen atoms in total. The number of nitrogens with zero attached hydrogens (tertiary/aromatic N) is 5. The van der Waals surface area contributed by atoms with E-state index in [1.165, 1.54) is 6.20 Å². The van der Waals surface area contributed by atoms with Gasteiger partial charge in [0.2, 0.25) is 0 Å². The van der Waals surface area contributed by atoms with Gasteiger partial charge in [0.05, 0.1) is 6.20 Å². The average Bonchev–Trinajstić information content (AvgIpc) is 3.29. The predicted octanol–water partition coefficient (Wildman–Crippen LogP) is 1.80. The first-order chi connectivity index (χ1) is 12.7. The lowest BCUT2D eigenvalue weighted by Gasteiger charge is -2.02. The minimum atomic E-state index is -0.208. The predicted molar refractivity (Wildman–Crippen MR) is 95.6 cm³/mol. The van der Waals surface area contributed by atoms with Crippen LogP contribution in [0.1, 0.15) is 21.9 Å². The van der Waals surface area contributed by atoms with Crippen molar-refractivity contribution in [2.24, 2.45) is 0 Å². The maximum atomic E-state index is 12.4. The topological polar surface area (TPSA) is 101 Å². The number of aromatic amines is 1. The molecule has 0 aliphatic carbocycles. The number of nitrogens with one attached hydrogen (secondary N) is 2. The molecule has 0 aliphatic rings. The summed E-state index contributed by atoms with van der Waals surface area (Å²) in [6, 6.07) is 11.6. The number of H-pyrrole nitrogens is 1. The fourth-order valence-electron chi connectivity index (χ4n) is 2.63. The molecule has 0 saturated heterocycles. The zero-order valence-electron chi connectivity index (χ0n) is 14.2. The molecule has 3 aromatic heterocycles. The minimum Gasteiger partial charge on any atom is -0.351 e. The number of amides is 1. The Morgan fingerprint density at radius 3 is 2.88 bits per heavy atom. The molecule has 26 heavy (non-hydrogen) atoms. The molecule has 1 aromatic carbocycles. The Kier molecular flexibility index (Phi) is 4.14. The SMILES string of the molecule is Cc1ccn2ncc(C(=O)NCCc3nc(-c4ccccc4)n[nH]3)c2n1. The van der Waals surface area contributed by atoms with E-state index in [1.807, 2.05) is 43.3 Å². The number of aryl methyl sites for hydroxylation is 1. The molecule has 0 unspecified atom stereocenters. The van der Waals surface area contributed by atoms with E-state index in [9.17, 15) is 4.79 Å². The van der Waals surface area contributed by atoms with Gasteiger partial charge in [0, 0.05) is 30.4 Å². The quantitative estimate of drug-likeness (QED) is 0.573. The number of hydrogen-bond acceptors (Lipinski definition) is 5. The van der Waals surface area contributed by atoms with Gasteiger partial charge in [0.25, 0.3) is 5.91 Å². The normalized spacial score (nSPS) is 11.0. The summed E-state index contributed by atoms with van der Waals surface area (Å²) in [4.78, 5) is 21.2. The smallest absolute Gasteiger partial charge is 0.256 e. The van der Waals surface area contributed by atoms with E-state index in [4.69, 9.17) is 0 Å². The summed E-state index contributed by atoms with van der Waals surface area (Å²) < 4.78 is 1.59. The molecule has 0 spiro atoms. The first-order valence-corrected chi connectivity index (χ1v) is 8.26. The van der Waals surface area contributed by atoms with E-state index in [2.05, 4.69) is 30.6 Å². The summed E-state index contributed by atoms with van der Waals surface area (Å²) in [6.07, 6.45) is 3.87. The maximum Gasteiger partial charge on any atom is 0.256 e. The van der Waals surface area contributed by atoms with Gasteiger partial charge in [-0.25, -0.2) is 14.5 Å². The molecule has 130 valence electrons. The van der Waals surface area contributed by atoms with E-state index in [0.29, 0.717) is 30.0 Å². The van der Waals surface area contributed by atoms with Crippen LogP contribution in [0.15, 0.2) is 48.8 Å². The molecule has 4 rings (SSSR count). The van der Waals surface area contributed by atoms with Crippen LogP contribution in [0, 0.1) is 6.92 Å². The van der Waals surface area contributed by atoms with Crippen LogP contribution in [0.5, 0.6) is 0 Å². The van der Waals surface area contributed by atoms with Gasteiger partial charge < -0.3 is 5.32 Å². The van der Waals surface area contributed by atoms with Gasteiger partial charge in [-0.2, -0.15) is 10.2 Å². The lowest BCUT2D eigenvalue weighted by atomic mass is 10.2. The Hall–Kier alpha value is -3.55. The highest BCUT2D eigenvalue weighted by Crippen LogP contribution is 2.13. The van der Waals surface area contributed by atoms with E-state index in [-0.39, 0.29) is 5.91 Å². The number of benzene rings is 1. The van der Waals surface area contributed by atoms with Gasteiger partial charge in [-0.3, -0.25) is 9.89 Å². The van der Waals surface area contributed by atoms with Gasteiger partial charge in [0.15, 0.2) is 11.5 Å². The second kappa shape index (κ2) is 6.75. The lowest BCUT2D eigenvalue weighted by Crippen LogP contribution is -2.26. The van der Waals surface area contributed by atoms with Crippen molar-refractivity contribution in [3.05, 3.63) is 65.9 Å². The molecule has 1 amide bonds. The monoisotopic (exact) mass is 347 g/mol. The van der Waals surface area contributed by atoms with E-state index < -0.39 is 0 Å². The highest BCUT2D eigenvalue weighted by molar-refractivity contribution is 5.99. The molecule has 0 atom stereocenters. The van der Waals surface area contributed by atoms with E-state index >= 15 is 0 Å². The number of fused-ring (bicyclic) bond motifs is 1. The lowest BCUT2D eigenvalue weighted by molar-refractivity contribution is 0.0955. The molecule has 0 aliphatic heterocycles. The van der Waals surface area contributed by atoms with E-state index in [1.54, 1.807) is 10.7 Å². The Bertz CT molecular complexity index is 1050. The Labute approximate surface area is 149 Å². The van der Waals surface area contributed by atoms with Gasteiger partial charge in [-0.15, -0.1) is 0 Å². The van der Waals surface area contributed by atoms with Crippen LogP contribution in [0.25, 0.3) is 17.0 Å². The fraction of sp³-hybridized carbons (Fsp3) is 0.167. The van der Waals surface area contributed by atoms with Crippen molar-refractivity contribution < 1.29 is 4.79 Å². The molecular formula is C18H17N7O. The van der Waals surface area contributed by atoms with Crippen molar-refractivity contribution in [1.82, 2.24) is 35.1 Å². The van der Waals surface area contributed by atoms with Crippen LogP contribution in [0.2, 0.25) is 0 Å². The van der Waals surface area contributed by atoms with Gasteiger partial charge in [0.1, 0.15) is 11.4 Å². The summed E-state index contributed by atoms with van der Waals surface area (Å²) >= 11 is 0. The zero-order valence-corrected chi connectivity index (χ0v) is 14.2. The Balaban J connectivity index is 1.39. The zero-order chi connectivity index (χ0) is 17.9. The summed E-state index contributed by atoms with van der Waals surface area (Å²) in [5.74, 6) is 1.16. The summed E-state index contributed by atoms with van der Waals surface area (Å²) in [5.41, 5.74) is 2.79. The van der Waals surface area contributed by atoms with Crippen molar-refractivity contribution in [3.8, 4) is 11.4 Å². The molecule has 4 aromatic rings. The van der Waals surface area contributed by atoms with E-state index in [0.717, 1.165) is 17.1 Å². The van der Waals surface area contributed by atoms with Crippen molar-refractivity contribution in [2.75, 3.05) is 6.54 Å². The highest BCUT2D eigenvalue weighted by atomic mass is 16.1. The molecule has 8 heteroatoms. The third kappa shape index (κ3) is 3.16. The first kappa shape index (κ1) is 15.9. The van der Waals surface area contributed by atoms with Gasteiger partial charge in [-0.1, -0.05) is 30.3 Å². The highest BCUT2D eigenvalue weighted by Gasteiger charge is 2.14. The van der Waals surface area contributed by atoms with Crippen molar-refractivity contribution >= 4 is 11.6 Å². The fourth-order valence-corrected chi connectivity index (χ4v) is 2.63. The standard InChI is InChI=1S/C18H17N7O/c1-12-8-10-25-17(21-12)14(11-20-25)18(26)19-9-7-15-22-16(24-23-15)13-5-3-2-4-6-13/h2-6,8,10-11H,7,9H2,1H3,(H,19,26)(H,22,23,24). The molecule has 0 bridgehead atoms. The van der Waals surface area contributed by atoms with Crippen LogP contribution in [0.3, 0.4) is 0 Å². The minimum absolute atomic E-state index is 0.208. The number of rotatable bonds is 5. The Morgan fingerprint density at radius 2 is 2.04 bits per heavy atom. The number of hydrogen-bond donors (Lipinski definition) is 2. The third-order valence-electron chi connectivity index (χ3n) is 3.96. The number of carbonyl (C=O) groups excluding carboxylic acids is 1. The number of carbonyl (C=O) groups is 1. The maximum absolute atomic E-state index is 12.4. The first-order valence-electron chi connectivity index (χ1n) is 8.26. The summed E-state index contributed by atoms with van der Waals surface area (Å²) in [7, 11) is 0. The molecule has 3 heterocycles. The van der Waals surface area contributed by atoms with Crippen LogP contribution >= 0.6 is 0 Å². The second-order valence-electron chi connectivity index (χ2n) is 5.87. The van der Waals surface area contributed by atoms with Crippen LogP contribution in [0.4, 0.5) is 0 Å². The molecule has 0 radical (unpaired) electrons. The van der Waals surface area contributed by atoms with Crippen LogP contribution < -0.4 is 5.32 Å². The van der Waals surface area contributed by atoms with Gasteiger partial charge in [-0.05, 0) is 13.0 Å². The summed E-state index contributed by atoms with van der Waals surface area (Å²) in [6.45, 7) is 2.31. The molecule has 2 N–H and O–H groups in total. The van der Waals surface area contributed by atoms with Crippen molar-refractivity contribution in [1.29, 1.82) is 0 Å². The molecule has 0 fully saturated rings. The Morgan fingerprint density at radius 1 is 1.19 bits per heavy atom. The molecule has 0 saturated carbocycles. The van der Waals surface area contributed by atoms with Crippen molar-refractivity contribution in [3.63, 3.8) is 0 Å². The van der Waals surface area contributed by atoms with Gasteiger partial charge >= 0.3 is 0 Å². The molecular weight excluding hydrogens is 330 g/mol.